The second kappa shape index (κ2) is 7.69. The number of thiophene rings is 1. The lowest BCUT2D eigenvalue weighted by molar-refractivity contribution is 0.599. The Hall–Kier alpha value is -1.78. The van der Waals surface area contributed by atoms with Gasteiger partial charge in [0.2, 0.25) is 0 Å². The van der Waals surface area contributed by atoms with Crippen LogP contribution in [0.2, 0.25) is 10.0 Å². The Morgan fingerprint density at radius 3 is 2.00 bits per heavy atom. The van der Waals surface area contributed by atoms with E-state index in [0.717, 1.165) is 11.3 Å². The van der Waals surface area contributed by atoms with E-state index in [1.165, 1.54) is 30.3 Å². The Morgan fingerprint density at radius 2 is 1.48 bits per heavy atom. The molecule has 0 saturated heterocycles. The predicted molar refractivity (Wildman–Crippen MR) is 108 cm³/mol. The van der Waals surface area contributed by atoms with E-state index in [1.807, 2.05) is 0 Å². The molecule has 0 spiro atoms. The first-order valence-corrected chi connectivity index (χ1v) is 11.8. The molecule has 0 fully saturated rings. The Balaban J connectivity index is 2.02. The number of halogens is 2. The van der Waals surface area contributed by atoms with Crippen molar-refractivity contribution in [3.8, 4) is 0 Å². The number of nitrogens with one attached hydrogen (secondary N) is 2. The average molecular weight is 462 g/mol. The number of benzene rings is 2. The SMILES string of the molecule is O=S(=O)(Nc1cc(Cl)c(Cl)cc1NS(=O)(=O)c1cccs1)c1[c]cccc1. The highest BCUT2D eigenvalue weighted by Gasteiger charge is 2.21. The molecule has 0 saturated carbocycles. The van der Waals surface area contributed by atoms with Crippen LogP contribution in [0.3, 0.4) is 0 Å². The van der Waals surface area contributed by atoms with Crippen LogP contribution in [0.15, 0.2) is 63.0 Å². The lowest BCUT2D eigenvalue weighted by Crippen LogP contribution is -2.17. The fourth-order valence-electron chi connectivity index (χ4n) is 2.07. The summed E-state index contributed by atoms with van der Waals surface area (Å²) in [7, 11) is -7.93. The standard InChI is InChI=1S/C16H11Cl2N2O4S3/c17-12-9-14(19-26(21,22)11-5-2-1-3-6-11)15(10-13(12)18)20-27(23,24)16-7-4-8-25-16/h1-5,7-10,19-20H. The van der Waals surface area contributed by atoms with Crippen molar-refractivity contribution < 1.29 is 16.8 Å². The summed E-state index contributed by atoms with van der Waals surface area (Å²) in [5, 5.41) is 1.73. The van der Waals surface area contributed by atoms with Gasteiger partial charge < -0.3 is 0 Å². The van der Waals surface area contributed by atoms with Crippen molar-refractivity contribution in [2.24, 2.45) is 0 Å². The molecule has 6 nitrogen and oxygen atoms in total. The van der Waals surface area contributed by atoms with Crippen LogP contribution in [-0.4, -0.2) is 16.8 Å². The van der Waals surface area contributed by atoms with E-state index in [1.54, 1.807) is 23.6 Å². The topological polar surface area (TPSA) is 92.3 Å². The van der Waals surface area contributed by atoms with Crippen molar-refractivity contribution in [1.29, 1.82) is 0 Å². The molecule has 2 N–H and O–H groups in total. The molecule has 0 aliphatic rings. The number of hydrogen-bond acceptors (Lipinski definition) is 5. The van der Waals surface area contributed by atoms with Gasteiger partial charge in [0, 0.05) is 6.07 Å². The van der Waals surface area contributed by atoms with E-state index in [0.29, 0.717) is 0 Å². The number of hydrogen-bond donors (Lipinski definition) is 2. The summed E-state index contributed by atoms with van der Waals surface area (Å²) in [6.45, 7) is 0. The summed E-state index contributed by atoms with van der Waals surface area (Å²) in [4.78, 5) is -0.108. The lowest BCUT2D eigenvalue weighted by Gasteiger charge is -2.15. The number of anilines is 2. The van der Waals surface area contributed by atoms with Gasteiger partial charge in [-0.3, -0.25) is 9.44 Å². The third kappa shape index (κ3) is 4.56. The normalized spacial score (nSPS) is 11.9. The molecule has 11 heteroatoms. The van der Waals surface area contributed by atoms with Crippen LogP contribution in [0.1, 0.15) is 0 Å². The third-order valence-electron chi connectivity index (χ3n) is 3.28. The van der Waals surface area contributed by atoms with E-state index in [-0.39, 0.29) is 30.5 Å². The van der Waals surface area contributed by atoms with Gasteiger partial charge in [-0.2, -0.15) is 0 Å². The predicted octanol–water partition coefficient (Wildman–Crippen LogP) is 4.46. The highest BCUT2D eigenvalue weighted by Crippen LogP contribution is 2.35. The molecule has 141 valence electrons. The third-order valence-corrected chi connectivity index (χ3v) is 8.09. The van der Waals surface area contributed by atoms with Crippen molar-refractivity contribution in [2.75, 3.05) is 9.44 Å². The van der Waals surface area contributed by atoms with E-state index in [2.05, 4.69) is 15.5 Å². The van der Waals surface area contributed by atoms with Gasteiger partial charge in [0.15, 0.2) is 0 Å². The molecule has 2 aromatic carbocycles. The van der Waals surface area contributed by atoms with Crippen LogP contribution in [0.25, 0.3) is 0 Å². The molecule has 0 amide bonds. The Labute approximate surface area is 170 Å². The molecule has 0 atom stereocenters. The zero-order chi connectivity index (χ0) is 19.7. The maximum Gasteiger partial charge on any atom is 0.271 e. The molecule has 0 aliphatic heterocycles. The zero-order valence-corrected chi connectivity index (χ0v) is 17.3. The summed E-state index contributed by atoms with van der Waals surface area (Å²) >= 11 is 13.0. The van der Waals surface area contributed by atoms with Gasteiger partial charge in [0.05, 0.1) is 26.3 Å². The number of sulfonamides is 2. The van der Waals surface area contributed by atoms with E-state index >= 15 is 0 Å². The summed E-state index contributed by atoms with van der Waals surface area (Å²) in [6.07, 6.45) is 0. The average Bonchev–Trinajstić information content (AvgIpc) is 3.15. The van der Waals surface area contributed by atoms with Crippen LogP contribution in [0.4, 0.5) is 11.4 Å². The molecule has 1 aromatic heterocycles. The second-order valence-corrected chi connectivity index (χ2v) is 10.5. The minimum Gasteiger partial charge on any atom is -0.277 e. The fourth-order valence-corrected chi connectivity index (χ4v) is 5.51. The maximum absolute atomic E-state index is 12.6. The largest absolute Gasteiger partial charge is 0.277 e. The van der Waals surface area contributed by atoms with Crippen LogP contribution < -0.4 is 9.44 Å². The Morgan fingerprint density at radius 1 is 0.852 bits per heavy atom. The van der Waals surface area contributed by atoms with Crippen LogP contribution in [0, 0.1) is 6.07 Å². The first kappa shape index (κ1) is 20.0. The van der Waals surface area contributed by atoms with E-state index in [4.69, 9.17) is 23.2 Å². The van der Waals surface area contributed by atoms with Gasteiger partial charge >= 0.3 is 0 Å². The zero-order valence-electron chi connectivity index (χ0n) is 13.3. The van der Waals surface area contributed by atoms with Crippen molar-refractivity contribution >= 4 is 66.0 Å². The smallest absolute Gasteiger partial charge is 0.271 e. The highest BCUT2D eigenvalue weighted by atomic mass is 35.5. The first-order valence-electron chi connectivity index (χ1n) is 7.24. The Kier molecular flexibility index (Phi) is 5.68. The van der Waals surface area contributed by atoms with Gasteiger partial charge in [0.1, 0.15) is 4.21 Å². The van der Waals surface area contributed by atoms with Crippen molar-refractivity contribution in [3.63, 3.8) is 0 Å². The molecule has 3 rings (SSSR count). The molecular weight excluding hydrogens is 451 g/mol. The van der Waals surface area contributed by atoms with Crippen LogP contribution in [0.5, 0.6) is 0 Å². The molecule has 0 aliphatic carbocycles. The van der Waals surface area contributed by atoms with E-state index in [9.17, 15) is 16.8 Å². The summed E-state index contributed by atoms with van der Waals surface area (Å²) in [6, 6.07) is 14.0. The molecular formula is C16H11Cl2N2O4S3. The van der Waals surface area contributed by atoms with Gasteiger partial charge in [-0.15, -0.1) is 11.3 Å². The van der Waals surface area contributed by atoms with Crippen LogP contribution >= 0.6 is 34.5 Å². The lowest BCUT2D eigenvalue weighted by atomic mass is 10.3. The number of rotatable bonds is 6. The summed E-state index contributed by atoms with van der Waals surface area (Å²) < 4.78 is 54.8. The van der Waals surface area contributed by atoms with Gasteiger partial charge in [-0.1, -0.05) is 47.5 Å². The van der Waals surface area contributed by atoms with Crippen LogP contribution in [-0.2, 0) is 20.0 Å². The molecule has 3 aromatic rings. The van der Waals surface area contributed by atoms with Crippen molar-refractivity contribution in [1.82, 2.24) is 0 Å². The monoisotopic (exact) mass is 461 g/mol. The molecule has 1 heterocycles. The summed E-state index contributed by atoms with van der Waals surface area (Å²) in [5.74, 6) is 0. The molecule has 1 radical (unpaired) electrons. The van der Waals surface area contributed by atoms with Crippen molar-refractivity contribution in [3.05, 3.63) is 70.0 Å². The fraction of sp³-hybridized carbons (Fsp3) is 0. The minimum atomic E-state index is -4.01. The Bertz CT molecular complexity index is 1160. The maximum atomic E-state index is 12.6. The van der Waals surface area contributed by atoms with Gasteiger partial charge in [-0.25, -0.2) is 16.8 Å². The molecule has 27 heavy (non-hydrogen) atoms. The minimum absolute atomic E-state index is 0.0580. The second-order valence-electron chi connectivity index (χ2n) is 5.18. The molecule has 0 bridgehead atoms. The van der Waals surface area contributed by atoms with Gasteiger partial charge in [0.25, 0.3) is 20.0 Å². The first-order chi connectivity index (χ1) is 12.7. The quantitative estimate of drug-likeness (QED) is 0.566. The summed E-state index contributed by atoms with van der Waals surface area (Å²) in [5.41, 5.74) is -0.126. The molecule has 0 unspecified atom stereocenters. The van der Waals surface area contributed by atoms with Gasteiger partial charge in [-0.05, 0) is 29.6 Å². The highest BCUT2D eigenvalue weighted by molar-refractivity contribution is 7.94. The van der Waals surface area contributed by atoms with Crippen molar-refractivity contribution in [2.45, 2.75) is 9.10 Å². The van der Waals surface area contributed by atoms with E-state index < -0.39 is 20.0 Å².